The van der Waals surface area contributed by atoms with E-state index in [4.69, 9.17) is 58.0 Å². The molecule has 0 spiro atoms. The molecule has 11 heteroatoms. The molecule has 2 bridgehead atoms. The number of fused-ring (bicyclic) bond motifs is 5. The summed E-state index contributed by atoms with van der Waals surface area (Å²) < 4.78 is 1.06. The molecular weight excluding hydrogens is 487 g/mol. The lowest BCUT2D eigenvalue weighted by molar-refractivity contribution is 0.447. The van der Waals surface area contributed by atoms with Crippen molar-refractivity contribution in [1.29, 1.82) is 0 Å². The van der Waals surface area contributed by atoms with Gasteiger partial charge in [-0.3, -0.25) is 0 Å². The molecule has 2 aliphatic rings. The fourth-order valence-corrected chi connectivity index (χ4v) is 6.04. The van der Waals surface area contributed by atoms with Gasteiger partial charge in [-0.2, -0.15) is 9.36 Å². The summed E-state index contributed by atoms with van der Waals surface area (Å²) in [6.45, 7) is 0. The van der Waals surface area contributed by atoms with E-state index in [1.165, 1.54) is 0 Å². The second kappa shape index (κ2) is 4.87. The maximum Gasteiger partial charge on any atom is 0.354 e. The van der Waals surface area contributed by atoms with Gasteiger partial charge < -0.3 is 0 Å². The first kappa shape index (κ1) is 17.1. The van der Waals surface area contributed by atoms with Gasteiger partial charge in [0.2, 0.25) is 10.00 Å². The number of alkyl halides is 4. The summed E-state index contributed by atoms with van der Waals surface area (Å²) in [4.78, 5) is 22.1. The van der Waals surface area contributed by atoms with E-state index in [9.17, 15) is 9.59 Å². The monoisotopic (exact) mass is 489 g/mol. The molecule has 126 valence electrons. The number of para-hydroxylation sites is 1. The molecule has 0 amide bonds. The second-order valence-corrected chi connectivity index (χ2v) is 9.37. The van der Waals surface area contributed by atoms with Gasteiger partial charge in [-0.05, 0) is 12.1 Å². The number of halogens is 6. The highest BCUT2D eigenvalue weighted by Gasteiger charge is 2.79. The maximum absolute atomic E-state index is 12.9. The molecule has 0 fully saturated rings. The van der Waals surface area contributed by atoms with Crippen molar-refractivity contribution in [3.05, 3.63) is 61.4 Å². The third kappa shape index (κ3) is 1.53. The van der Waals surface area contributed by atoms with Crippen molar-refractivity contribution in [3.8, 4) is 5.69 Å². The minimum atomic E-state index is -1.86. The van der Waals surface area contributed by atoms with Crippen LogP contribution in [0.3, 0.4) is 0 Å². The largest absolute Gasteiger partial charge is 0.354 e. The summed E-state index contributed by atoms with van der Waals surface area (Å²) in [5.41, 5.74) is -1.13. The maximum atomic E-state index is 12.9. The first-order valence-corrected chi connectivity index (χ1v) is 9.15. The third-order valence-electron chi connectivity index (χ3n) is 4.15. The van der Waals surface area contributed by atoms with E-state index in [2.05, 4.69) is 15.9 Å². The number of hydrogen-bond donors (Lipinski definition) is 0. The molecular formula is C13H5BrCl5N3O2. The Morgan fingerprint density at radius 1 is 0.833 bits per heavy atom. The van der Waals surface area contributed by atoms with Crippen LogP contribution in [0.1, 0.15) is 0 Å². The van der Waals surface area contributed by atoms with Crippen LogP contribution in [0.15, 0.2) is 50.0 Å². The average molecular weight is 492 g/mol. The summed E-state index contributed by atoms with van der Waals surface area (Å²) in [5, 5.41) is -0.250. The lowest BCUT2D eigenvalue weighted by Gasteiger charge is -2.29. The van der Waals surface area contributed by atoms with Gasteiger partial charge in [0.1, 0.15) is 0 Å². The lowest BCUT2D eigenvalue weighted by atomic mass is 10.2. The number of benzene rings is 1. The van der Waals surface area contributed by atoms with Crippen LogP contribution in [-0.4, -0.2) is 17.7 Å². The van der Waals surface area contributed by atoms with Crippen LogP contribution in [0.5, 0.6) is 0 Å². The number of rotatable bonds is 1. The summed E-state index contributed by atoms with van der Waals surface area (Å²) in [6.07, 6.45) is 0. The highest BCUT2D eigenvalue weighted by atomic mass is 79.9. The normalized spacial score (nSPS) is 34.1. The molecule has 0 saturated heterocycles. The van der Waals surface area contributed by atoms with E-state index in [0.717, 1.165) is 13.9 Å². The zero-order chi connectivity index (χ0) is 17.7. The number of aromatic nitrogens is 3. The van der Waals surface area contributed by atoms with Crippen molar-refractivity contribution < 1.29 is 0 Å². The molecule has 1 aliphatic heterocycles. The zero-order valence-corrected chi connectivity index (χ0v) is 16.7. The molecule has 24 heavy (non-hydrogen) atoms. The molecule has 1 unspecified atom stereocenters. The van der Waals surface area contributed by atoms with Crippen molar-refractivity contribution in [3.63, 3.8) is 0 Å². The van der Waals surface area contributed by atoms with Crippen LogP contribution in [0, 0.1) is 0 Å². The Morgan fingerprint density at radius 2 is 1.25 bits per heavy atom. The van der Waals surface area contributed by atoms with Crippen LogP contribution >= 0.6 is 73.9 Å². The smallest absolute Gasteiger partial charge is 0.245 e. The van der Waals surface area contributed by atoms with Gasteiger partial charge in [-0.1, -0.05) is 92.1 Å². The van der Waals surface area contributed by atoms with Crippen LogP contribution in [-0.2, 0) is 10.00 Å². The van der Waals surface area contributed by atoms with E-state index in [-0.39, 0.29) is 10.1 Å². The molecule has 0 saturated carbocycles. The molecule has 1 aliphatic carbocycles. The standard InChI is InChI=1S/C13H5BrCl5N3O2/c14-13(19)11(17)7(15)8(16)12(13,18)22-10(24)20(9(23)21(11)22)6-4-2-1-3-5-6/h1-5H/t11-,12+,13?. The van der Waals surface area contributed by atoms with Gasteiger partial charge in [-0.25, -0.2) is 14.2 Å². The van der Waals surface area contributed by atoms with Gasteiger partial charge >= 0.3 is 11.4 Å². The molecule has 0 radical (unpaired) electrons. The van der Waals surface area contributed by atoms with Crippen molar-refractivity contribution in [2.24, 2.45) is 0 Å². The van der Waals surface area contributed by atoms with E-state index in [1.54, 1.807) is 30.3 Å². The van der Waals surface area contributed by atoms with Gasteiger partial charge in [0, 0.05) is 0 Å². The highest BCUT2D eigenvalue weighted by Crippen LogP contribution is 2.72. The van der Waals surface area contributed by atoms with E-state index in [0.29, 0.717) is 5.69 Å². The van der Waals surface area contributed by atoms with Gasteiger partial charge in [-0.15, -0.1) is 0 Å². The van der Waals surface area contributed by atoms with Gasteiger partial charge in [0.25, 0.3) is 0 Å². The zero-order valence-electron chi connectivity index (χ0n) is 11.3. The Hall–Kier alpha value is -0.370. The van der Waals surface area contributed by atoms with E-state index < -0.39 is 25.2 Å². The number of allylic oxidation sites excluding steroid dienone is 2. The predicted molar refractivity (Wildman–Crippen MR) is 98.2 cm³/mol. The van der Waals surface area contributed by atoms with Crippen molar-refractivity contribution >= 4 is 73.9 Å². The van der Waals surface area contributed by atoms with Crippen LogP contribution in [0.2, 0.25) is 0 Å². The SMILES string of the molecule is O=c1n(-c2ccccc2)c(=O)n2n1[C@]1(Cl)C(Cl)=C(Cl)[C@@]2(Cl)C1(Cl)Br. The quantitative estimate of drug-likeness (QED) is 0.571. The topological polar surface area (TPSA) is 48.9 Å². The van der Waals surface area contributed by atoms with Crippen molar-refractivity contribution in [2.45, 2.75) is 13.8 Å². The summed E-state index contributed by atoms with van der Waals surface area (Å²) in [6, 6.07) is 8.32. The molecule has 1 aromatic heterocycles. The second-order valence-electron chi connectivity index (χ2n) is 5.31. The van der Waals surface area contributed by atoms with Crippen molar-refractivity contribution in [1.82, 2.24) is 13.9 Å². The fourth-order valence-electron chi connectivity index (χ4n) is 3.02. The Kier molecular flexibility index (Phi) is 3.46. The van der Waals surface area contributed by atoms with Crippen LogP contribution in [0.4, 0.5) is 0 Å². The number of hydrogen-bond acceptors (Lipinski definition) is 2. The molecule has 2 heterocycles. The Balaban J connectivity index is 2.17. The first-order chi connectivity index (χ1) is 11.1. The van der Waals surface area contributed by atoms with Gasteiger partial charge in [0.05, 0.1) is 15.8 Å². The average Bonchev–Trinajstić information content (AvgIpc) is 2.93. The Labute approximate surface area is 168 Å². The molecule has 1 aromatic carbocycles. The molecule has 2 aromatic rings. The first-order valence-electron chi connectivity index (χ1n) is 6.47. The minimum Gasteiger partial charge on any atom is -0.245 e. The molecule has 4 rings (SSSR count). The summed E-state index contributed by atoms with van der Waals surface area (Å²) in [5.74, 6) is 0. The lowest BCUT2D eigenvalue weighted by Crippen LogP contribution is -2.47. The Morgan fingerprint density at radius 3 is 1.67 bits per heavy atom. The molecule has 3 atom stereocenters. The molecule has 0 N–H and O–H groups in total. The highest BCUT2D eigenvalue weighted by molar-refractivity contribution is 9.10. The summed E-state index contributed by atoms with van der Waals surface area (Å²) in [7, 11) is 0. The van der Waals surface area contributed by atoms with Crippen molar-refractivity contribution in [2.75, 3.05) is 0 Å². The Bertz CT molecular complexity index is 981. The number of nitrogens with zero attached hydrogens (tertiary/aromatic N) is 3. The van der Waals surface area contributed by atoms with E-state index in [1.807, 2.05) is 0 Å². The van der Waals surface area contributed by atoms with E-state index >= 15 is 0 Å². The predicted octanol–water partition coefficient (Wildman–Crippen LogP) is 3.63. The third-order valence-corrected chi connectivity index (χ3v) is 8.97. The van der Waals surface area contributed by atoms with Gasteiger partial charge in [0.15, 0.2) is 3.78 Å². The summed E-state index contributed by atoms with van der Waals surface area (Å²) >= 11 is 35.3. The van der Waals surface area contributed by atoms with Crippen LogP contribution in [0.25, 0.3) is 5.69 Å². The fraction of sp³-hybridized carbons (Fsp3) is 0.231. The van der Waals surface area contributed by atoms with Crippen LogP contribution < -0.4 is 11.4 Å². The molecule has 5 nitrogen and oxygen atoms in total. The minimum absolute atomic E-state index is 0.125.